The number of anilines is 1. The Kier molecular flexibility index (Phi) is 6.19. The van der Waals surface area contributed by atoms with Crippen LogP contribution in [0.4, 0.5) is 23.2 Å². The van der Waals surface area contributed by atoms with E-state index >= 15 is 4.39 Å². The van der Waals surface area contributed by atoms with Crippen LogP contribution >= 0.6 is 0 Å². The van der Waals surface area contributed by atoms with Crippen molar-refractivity contribution >= 4 is 26.6 Å². The molecule has 3 heterocycles. The lowest BCUT2D eigenvalue weighted by Crippen LogP contribution is -2.35. The molecule has 2 aliphatic heterocycles. The fourth-order valence-corrected chi connectivity index (χ4v) is 5.37. The van der Waals surface area contributed by atoms with Gasteiger partial charge in [-0.25, -0.2) is 4.39 Å². The maximum absolute atomic E-state index is 15.1. The first-order valence-corrected chi connectivity index (χ1v) is 12.9. The molecule has 0 spiro atoms. The summed E-state index contributed by atoms with van der Waals surface area (Å²) in [6.45, 7) is 3.66. The molecule has 1 atom stereocenters. The van der Waals surface area contributed by atoms with Gasteiger partial charge >= 0.3 is 15.6 Å². The maximum Gasteiger partial charge on any atom is 0.534 e. The first kappa shape index (κ1) is 24.6. The van der Waals surface area contributed by atoms with E-state index in [-0.39, 0.29) is 10.8 Å². The van der Waals surface area contributed by atoms with Gasteiger partial charge in [0.2, 0.25) is 0 Å². The molecule has 36 heavy (non-hydrogen) atoms. The van der Waals surface area contributed by atoms with Gasteiger partial charge in [0.05, 0.1) is 11.4 Å². The van der Waals surface area contributed by atoms with E-state index in [9.17, 15) is 26.4 Å². The van der Waals surface area contributed by atoms with Gasteiger partial charge in [-0.05, 0) is 74.1 Å². The first-order chi connectivity index (χ1) is 17.0. The summed E-state index contributed by atoms with van der Waals surface area (Å²) in [6, 6.07) is 9.55. The van der Waals surface area contributed by atoms with Gasteiger partial charge < -0.3 is 9.08 Å². The zero-order valence-electron chi connectivity index (χ0n) is 19.0. The molecule has 0 amide bonds. The van der Waals surface area contributed by atoms with Crippen LogP contribution in [0.3, 0.4) is 0 Å². The van der Waals surface area contributed by atoms with Crippen LogP contribution in [0, 0.1) is 5.82 Å². The van der Waals surface area contributed by atoms with E-state index in [2.05, 4.69) is 9.08 Å². The quantitative estimate of drug-likeness (QED) is 0.285. The Labute approximate surface area is 204 Å². The van der Waals surface area contributed by atoms with Crippen molar-refractivity contribution in [2.24, 2.45) is 0 Å². The second kappa shape index (κ2) is 9.07. The predicted octanol–water partition coefficient (Wildman–Crippen LogP) is 4.03. The smallest absolute Gasteiger partial charge is 0.376 e. The van der Waals surface area contributed by atoms with Gasteiger partial charge in [0.1, 0.15) is 11.6 Å². The number of benzene rings is 2. The number of aromatic nitrogens is 1. The first-order valence-electron chi connectivity index (χ1n) is 11.5. The van der Waals surface area contributed by atoms with Crippen LogP contribution in [0.25, 0.3) is 16.5 Å². The van der Waals surface area contributed by atoms with Gasteiger partial charge in [-0.1, -0.05) is 0 Å². The van der Waals surface area contributed by atoms with Crippen LogP contribution in [0.2, 0.25) is 0 Å². The Morgan fingerprint density at radius 2 is 1.72 bits per heavy atom. The fraction of sp³-hybridized carbons (Fsp3) is 0.375. The highest BCUT2D eigenvalue weighted by molar-refractivity contribution is 7.88. The third kappa shape index (κ3) is 4.55. The third-order valence-corrected chi connectivity index (χ3v) is 7.71. The minimum absolute atomic E-state index is 0.103. The number of rotatable bonds is 5. The molecule has 0 saturated carbocycles. The Morgan fingerprint density at radius 3 is 2.42 bits per heavy atom. The lowest BCUT2D eigenvalue weighted by Gasteiger charge is -2.25. The molecule has 0 aliphatic carbocycles. The molecule has 3 aromatic rings. The van der Waals surface area contributed by atoms with Gasteiger partial charge in [-0.15, -0.1) is 0 Å². The molecule has 2 saturated heterocycles. The largest absolute Gasteiger partial charge is 0.534 e. The number of fused-ring (bicyclic) bond motifs is 1. The van der Waals surface area contributed by atoms with Crippen LogP contribution in [0.15, 0.2) is 53.5 Å². The van der Waals surface area contributed by atoms with E-state index < -0.39 is 32.8 Å². The summed E-state index contributed by atoms with van der Waals surface area (Å²) < 4.78 is 80.7. The zero-order chi connectivity index (χ0) is 25.7. The Hall–Kier alpha value is -3.12. The normalized spacial score (nSPS) is 19.3. The molecule has 0 radical (unpaired) electrons. The summed E-state index contributed by atoms with van der Waals surface area (Å²) in [5, 5.41) is 0.278. The second-order valence-electron chi connectivity index (χ2n) is 8.99. The molecule has 7 nitrogen and oxygen atoms in total. The van der Waals surface area contributed by atoms with Crippen LogP contribution in [-0.4, -0.2) is 55.6 Å². The van der Waals surface area contributed by atoms with Crippen LogP contribution in [0.5, 0.6) is 5.75 Å². The number of hydrogen-bond donors (Lipinski definition) is 0. The minimum Gasteiger partial charge on any atom is -0.376 e. The molecule has 2 fully saturated rings. The van der Waals surface area contributed by atoms with Crippen LogP contribution < -0.4 is 14.6 Å². The van der Waals surface area contributed by atoms with Crippen molar-refractivity contribution in [3.8, 4) is 11.4 Å². The molecular weight excluding hydrogens is 502 g/mol. The van der Waals surface area contributed by atoms with Crippen LogP contribution in [0.1, 0.15) is 19.3 Å². The molecule has 0 unspecified atom stereocenters. The number of likely N-dealkylation sites (tertiary alicyclic amines) is 1. The molecule has 12 heteroatoms. The molecule has 0 N–H and O–H groups in total. The number of alkyl halides is 3. The molecular formula is C24H23F4N3O4S. The van der Waals surface area contributed by atoms with Crippen molar-refractivity contribution < 1.29 is 30.2 Å². The topological polar surface area (TPSA) is 71.8 Å². The standard InChI is InChI=1S/C24H23F4N3O4S/c25-21-14-17(3-6-22(21)30-11-8-18(15-30)29-9-1-2-10-29)31-12-7-16-13-19(4-5-20(16)23(31)32)35-36(33,34)24(26,27)28/h3-7,12-14,18H,1-2,8-11,15H2/t18-/m1/s1. The van der Waals surface area contributed by atoms with E-state index in [0.717, 1.165) is 44.7 Å². The molecule has 2 aromatic carbocycles. The second-order valence-corrected chi connectivity index (χ2v) is 10.5. The molecule has 1 aromatic heterocycles. The average Bonchev–Trinajstić information content (AvgIpc) is 3.50. The Bertz CT molecular complexity index is 1470. The highest BCUT2D eigenvalue weighted by atomic mass is 32.2. The number of hydrogen-bond acceptors (Lipinski definition) is 6. The van der Waals surface area contributed by atoms with E-state index in [0.29, 0.717) is 17.4 Å². The molecule has 0 bridgehead atoms. The summed E-state index contributed by atoms with van der Waals surface area (Å²) in [6.07, 6.45) is 4.71. The number of nitrogens with zero attached hydrogens (tertiary/aromatic N) is 3. The summed E-state index contributed by atoms with van der Waals surface area (Å²) in [5.41, 5.74) is -5.35. The third-order valence-electron chi connectivity index (χ3n) is 6.74. The van der Waals surface area contributed by atoms with Gasteiger partial charge in [0, 0.05) is 36.8 Å². The lowest BCUT2D eigenvalue weighted by molar-refractivity contribution is -0.0500. The monoisotopic (exact) mass is 525 g/mol. The van der Waals surface area contributed by atoms with Crippen molar-refractivity contribution in [1.82, 2.24) is 9.47 Å². The van der Waals surface area contributed by atoms with E-state index in [1.165, 1.54) is 41.8 Å². The van der Waals surface area contributed by atoms with Crippen molar-refractivity contribution in [1.29, 1.82) is 0 Å². The molecule has 2 aliphatic rings. The highest BCUT2D eigenvalue weighted by Crippen LogP contribution is 2.30. The number of halogens is 4. The van der Waals surface area contributed by atoms with Crippen molar-refractivity contribution in [2.45, 2.75) is 30.8 Å². The van der Waals surface area contributed by atoms with Gasteiger partial charge in [0.25, 0.3) is 5.56 Å². The maximum atomic E-state index is 15.1. The lowest BCUT2D eigenvalue weighted by atomic mass is 10.1. The minimum atomic E-state index is -5.84. The average molecular weight is 526 g/mol. The van der Waals surface area contributed by atoms with Gasteiger partial charge in [-0.3, -0.25) is 14.3 Å². The van der Waals surface area contributed by atoms with Gasteiger partial charge in [0.15, 0.2) is 0 Å². The summed E-state index contributed by atoms with van der Waals surface area (Å²) in [7, 11) is -5.84. The van der Waals surface area contributed by atoms with E-state index in [1.54, 1.807) is 12.1 Å². The fourth-order valence-electron chi connectivity index (χ4n) is 4.92. The summed E-state index contributed by atoms with van der Waals surface area (Å²) >= 11 is 0. The Morgan fingerprint density at radius 1 is 0.972 bits per heavy atom. The van der Waals surface area contributed by atoms with E-state index in [1.807, 2.05) is 4.90 Å². The van der Waals surface area contributed by atoms with Gasteiger partial charge in [-0.2, -0.15) is 21.6 Å². The molecule has 5 rings (SSSR count). The van der Waals surface area contributed by atoms with Crippen LogP contribution in [-0.2, 0) is 10.1 Å². The summed E-state index contributed by atoms with van der Waals surface area (Å²) in [5.74, 6) is -1.03. The van der Waals surface area contributed by atoms with Crippen molar-refractivity contribution in [3.05, 3.63) is 64.8 Å². The SMILES string of the molecule is O=c1c2ccc(OS(=O)(=O)C(F)(F)F)cc2ccn1-c1ccc(N2CC[C@@H](N3CCCC3)C2)c(F)c1. The predicted molar refractivity (Wildman–Crippen MR) is 127 cm³/mol. The number of pyridine rings is 1. The zero-order valence-corrected chi connectivity index (χ0v) is 19.9. The Balaban J connectivity index is 1.39. The molecule has 192 valence electrons. The van der Waals surface area contributed by atoms with Crippen molar-refractivity contribution in [2.75, 3.05) is 31.1 Å². The highest BCUT2D eigenvalue weighted by Gasteiger charge is 2.48. The van der Waals surface area contributed by atoms with Crippen molar-refractivity contribution in [3.63, 3.8) is 0 Å². The summed E-state index contributed by atoms with van der Waals surface area (Å²) in [4.78, 5) is 17.5. The van der Waals surface area contributed by atoms with E-state index in [4.69, 9.17) is 0 Å².